The van der Waals surface area contributed by atoms with Crippen molar-refractivity contribution in [3.63, 3.8) is 0 Å². The first-order valence-electron chi connectivity index (χ1n) is 6.65. The van der Waals surface area contributed by atoms with Crippen molar-refractivity contribution in [1.29, 1.82) is 0 Å². The van der Waals surface area contributed by atoms with Gasteiger partial charge in [-0.05, 0) is 31.6 Å². The molecule has 0 radical (unpaired) electrons. The quantitative estimate of drug-likeness (QED) is 0.746. The van der Waals surface area contributed by atoms with Crippen LogP contribution in [-0.4, -0.2) is 36.9 Å². The molecule has 0 saturated heterocycles. The zero-order valence-electron chi connectivity index (χ0n) is 11.1. The summed E-state index contributed by atoms with van der Waals surface area (Å²) in [5.74, 6) is 0.433. The Balaban J connectivity index is 2.00. The number of aliphatic hydroxyl groups excluding tert-OH is 1. The lowest BCUT2D eigenvalue weighted by Gasteiger charge is -2.30. The molecule has 1 aromatic heterocycles. The fourth-order valence-corrected chi connectivity index (χ4v) is 3.93. The Bertz CT molecular complexity index is 512. The van der Waals surface area contributed by atoms with E-state index < -0.39 is 10.0 Å². The van der Waals surface area contributed by atoms with Crippen LogP contribution in [0.1, 0.15) is 31.4 Å². The molecule has 0 bridgehead atoms. The topological polar surface area (TPSA) is 95.1 Å². The highest BCUT2D eigenvalue weighted by molar-refractivity contribution is 7.89. The fraction of sp³-hybridized carbons (Fsp3) is 0.750. The Morgan fingerprint density at radius 3 is 2.68 bits per heavy atom. The third kappa shape index (κ3) is 3.34. The van der Waals surface area contributed by atoms with E-state index in [1.165, 1.54) is 6.20 Å². The molecule has 2 rings (SSSR count). The van der Waals surface area contributed by atoms with Gasteiger partial charge in [0.2, 0.25) is 10.0 Å². The lowest BCUT2D eigenvalue weighted by Crippen LogP contribution is -2.35. The number of sulfonamides is 1. The summed E-state index contributed by atoms with van der Waals surface area (Å²) < 4.78 is 26.9. The smallest absolute Gasteiger partial charge is 0.243 e. The summed E-state index contributed by atoms with van der Waals surface area (Å²) in [4.78, 5) is 0.198. The van der Waals surface area contributed by atoms with Crippen LogP contribution in [0.4, 0.5) is 0 Å². The maximum Gasteiger partial charge on any atom is 0.243 e. The lowest BCUT2D eigenvalue weighted by atomic mass is 9.80. The fourth-order valence-electron chi connectivity index (χ4n) is 2.70. The molecule has 1 aliphatic carbocycles. The van der Waals surface area contributed by atoms with Crippen LogP contribution in [0.3, 0.4) is 0 Å². The monoisotopic (exact) mass is 287 g/mol. The number of H-pyrrole nitrogens is 1. The molecule has 1 fully saturated rings. The van der Waals surface area contributed by atoms with E-state index in [0.29, 0.717) is 12.2 Å². The van der Waals surface area contributed by atoms with Crippen LogP contribution in [0.2, 0.25) is 0 Å². The van der Waals surface area contributed by atoms with Crippen LogP contribution in [0.15, 0.2) is 11.1 Å². The third-order valence-corrected chi connectivity index (χ3v) is 5.45. The summed E-state index contributed by atoms with van der Waals surface area (Å²) in [5.41, 5.74) is 0.537. The van der Waals surface area contributed by atoms with Gasteiger partial charge in [-0.15, -0.1) is 0 Å². The second-order valence-corrected chi connectivity index (χ2v) is 6.93. The first kappa shape index (κ1) is 14.5. The molecule has 2 unspecified atom stereocenters. The molecule has 7 heteroatoms. The molecule has 0 aliphatic heterocycles. The van der Waals surface area contributed by atoms with Gasteiger partial charge >= 0.3 is 0 Å². The van der Waals surface area contributed by atoms with Crippen LogP contribution in [0.5, 0.6) is 0 Å². The van der Waals surface area contributed by atoms with Crippen LogP contribution in [-0.2, 0) is 10.0 Å². The second-order valence-electron chi connectivity index (χ2n) is 5.20. The van der Waals surface area contributed by atoms with Crippen LogP contribution in [0.25, 0.3) is 0 Å². The molecule has 0 spiro atoms. The molecule has 3 N–H and O–H groups in total. The molecular weight excluding hydrogens is 266 g/mol. The Labute approximate surface area is 113 Å². The summed E-state index contributed by atoms with van der Waals surface area (Å²) in [6.07, 6.45) is 5.50. The van der Waals surface area contributed by atoms with E-state index in [9.17, 15) is 13.5 Å². The zero-order valence-corrected chi connectivity index (χ0v) is 11.9. The summed E-state index contributed by atoms with van der Waals surface area (Å²) >= 11 is 0. The number of rotatable bonds is 5. The van der Waals surface area contributed by atoms with Crippen LogP contribution in [0, 0.1) is 18.8 Å². The molecular formula is C12H21N3O3S. The molecule has 108 valence electrons. The van der Waals surface area contributed by atoms with Gasteiger partial charge < -0.3 is 5.11 Å². The van der Waals surface area contributed by atoms with Gasteiger partial charge in [0.05, 0.1) is 11.9 Å². The highest BCUT2D eigenvalue weighted by Gasteiger charge is 2.27. The molecule has 19 heavy (non-hydrogen) atoms. The number of aromatic nitrogens is 2. The van der Waals surface area contributed by atoms with E-state index in [0.717, 1.165) is 25.7 Å². The second kappa shape index (κ2) is 6.02. The van der Waals surface area contributed by atoms with Gasteiger partial charge in [0, 0.05) is 13.2 Å². The van der Waals surface area contributed by atoms with Crippen molar-refractivity contribution in [3.05, 3.63) is 11.9 Å². The van der Waals surface area contributed by atoms with Gasteiger partial charge in [0.1, 0.15) is 4.90 Å². The Hall–Kier alpha value is -0.920. The molecule has 0 aromatic carbocycles. The Morgan fingerprint density at radius 2 is 2.11 bits per heavy atom. The largest absolute Gasteiger partial charge is 0.396 e. The number of aryl methyl sites for hydroxylation is 1. The number of nitrogens with one attached hydrogen (secondary N) is 2. The number of aliphatic hydroxyl groups is 1. The molecule has 1 saturated carbocycles. The number of aromatic amines is 1. The van der Waals surface area contributed by atoms with Crippen LogP contribution < -0.4 is 4.72 Å². The minimum absolute atomic E-state index is 0.136. The van der Waals surface area contributed by atoms with Crippen molar-refractivity contribution in [2.24, 2.45) is 11.8 Å². The van der Waals surface area contributed by atoms with Crippen molar-refractivity contribution in [3.8, 4) is 0 Å². The van der Waals surface area contributed by atoms with E-state index in [4.69, 9.17) is 0 Å². The average molecular weight is 287 g/mol. The number of hydrogen-bond donors (Lipinski definition) is 3. The van der Waals surface area contributed by atoms with Crippen molar-refractivity contribution < 1.29 is 13.5 Å². The van der Waals surface area contributed by atoms with E-state index in [-0.39, 0.29) is 23.3 Å². The maximum atomic E-state index is 12.1. The van der Waals surface area contributed by atoms with E-state index >= 15 is 0 Å². The number of hydrogen-bond acceptors (Lipinski definition) is 4. The maximum absolute atomic E-state index is 12.1. The van der Waals surface area contributed by atoms with Gasteiger partial charge in [-0.3, -0.25) is 5.10 Å². The predicted octanol–water partition coefficient (Wildman–Crippen LogP) is 0.795. The molecule has 1 heterocycles. The first-order valence-corrected chi connectivity index (χ1v) is 8.13. The Morgan fingerprint density at radius 1 is 1.42 bits per heavy atom. The van der Waals surface area contributed by atoms with E-state index in [1.807, 2.05) is 0 Å². The highest BCUT2D eigenvalue weighted by Crippen LogP contribution is 2.29. The summed E-state index contributed by atoms with van der Waals surface area (Å²) in [6.45, 7) is 2.20. The minimum atomic E-state index is -3.50. The van der Waals surface area contributed by atoms with Gasteiger partial charge in [0.15, 0.2) is 0 Å². The van der Waals surface area contributed by atoms with Gasteiger partial charge in [-0.25, -0.2) is 13.1 Å². The molecule has 1 aliphatic rings. The first-order chi connectivity index (χ1) is 9.04. The normalized spacial score (nSPS) is 24.5. The zero-order chi connectivity index (χ0) is 13.9. The van der Waals surface area contributed by atoms with Crippen molar-refractivity contribution in [2.75, 3.05) is 13.2 Å². The summed E-state index contributed by atoms with van der Waals surface area (Å²) in [5, 5.41) is 15.7. The third-order valence-electron chi connectivity index (χ3n) is 3.91. The molecule has 6 nitrogen and oxygen atoms in total. The molecule has 2 atom stereocenters. The number of nitrogens with zero attached hydrogens (tertiary/aromatic N) is 1. The van der Waals surface area contributed by atoms with Gasteiger partial charge in [0.25, 0.3) is 0 Å². The lowest BCUT2D eigenvalue weighted by molar-refractivity contribution is 0.136. The Kier molecular flexibility index (Phi) is 4.59. The summed E-state index contributed by atoms with van der Waals surface area (Å²) in [6, 6.07) is 0. The van der Waals surface area contributed by atoms with E-state index in [2.05, 4.69) is 14.9 Å². The van der Waals surface area contributed by atoms with Crippen LogP contribution >= 0.6 is 0 Å². The van der Waals surface area contributed by atoms with Crippen molar-refractivity contribution >= 4 is 10.0 Å². The molecule has 0 amide bonds. The average Bonchev–Trinajstić information content (AvgIpc) is 2.84. The molecule has 1 aromatic rings. The standard InChI is InChI=1S/C12H21N3O3S/c1-9-12(7-13-15-9)19(17,18)14-6-10-4-2-3-5-11(10)8-16/h7,10-11,14,16H,2-6,8H2,1H3,(H,13,15). The van der Waals surface area contributed by atoms with Gasteiger partial charge in [-0.2, -0.15) is 5.10 Å². The van der Waals surface area contributed by atoms with Gasteiger partial charge in [-0.1, -0.05) is 12.8 Å². The van der Waals surface area contributed by atoms with Crippen molar-refractivity contribution in [1.82, 2.24) is 14.9 Å². The summed E-state index contributed by atoms with van der Waals surface area (Å²) in [7, 11) is -3.50. The highest BCUT2D eigenvalue weighted by atomic mass is 32.2. The van der Waals surface area contributed by atoms with Crippen molar-refractivity contribution in [2.45, 2.75) is 37.5 Å². The SMILES string of the molecule is Cc1[nH]ncc1S(=O)(=O)NCC1CCCCC1CO. The predicted molar refractivity (Wildman–Crippen MR) is 71.0 cm³/mol. The van der Waals surface area contributed by atoms with E-state index in [1.54, 1.807) is 6.92 Å². The minimum Gasteiger partial charge on any atom is -0.396 e.